The number of nitrogens with zero attached hydrogens (tertiary/aromatic N) is 2. The van der Waals surface area contributed by atoms with E-state index in [2.05, 4.69) is 4.98 Å². The topological polar surface area (TPSA) is 36.4 Å². The molecule has 0 saturated carbocycles. The van der Waals surface area contributed by atoms with Crippen molar-refractivity contribution in [3.8, 4) is 5.75 Å². The maximum Gasteiger partial charge on any atom is 0.146 e. The minimum Gasteiger partial charge on any atom is -0.505 e. The molecule has 0 aliphatic carbocycles. The predicted molar refractivity (Wildman–Crippen MR) is 60.8 cm³/mol. The summed E-state index contributed by atoms with van der Waals surface area (Å²) in [7, 11) is 3.91. The molecule has 1 heterocycles. The number of pyridine rings is 1. The van der Waals surface area contributed by atoms with Crippen LogP contribution < -0.4 is 0 Å². The van der Waals surface area contributed by atoms with E-state index in [1.807, 2.05) is 43.3 Å². The lowest BCUT2D eigenvalue weighted by Crippen LogP contribution is -2.12. The van der Waals surface area contributed by atoms with E-state index >= 15 is 0 Å². The number of benzene rings is 1. The van der Waals surface area contributed by atoms with Crippen molar-refractivity contribution < 1.29 is 5.11 Å². The Morgan fingerprint density at radius 1 is 1.27 bits per heavy atom. The highest BCUT2D eigenvalue weighted by Crippen LogP contribution is 2.26. The molecule has 78 valence electrons. The van der Waals surface area contributed by atoms with E-state index in [4.69, 9.17) is 0 Å². The quantitative estimate of drug-likeness (QED) is 0.809. The van der Waals surface area contributed by atoms with Crippen LogP contribution in [0.1, 0.15) is 5.69 Å². The second-order valence-corrected chi connectivity index (χ2v) is 3.88. The van der Waals surface area contributed by atoms with E-state index in [-0.39, 0.29) is 0 Å². The Kier molecular flexibility index (Phi) is 2.56. The highest BCUT2D eigenvalue weighted by Gasteiger charge is 2.07. The Balaban J connectivity index is 2.55. The van der Waals surface area contributed by atoms with E-state index in [9.17, 15) is 5.11 Å². The SMILES string of the molecule is CN(C)Cc1ncc2ccccc2c1O. The lowest BCUT2D eigenvalue weighted by Gasteiger charge is -2.11. The van der Waals surface area contributed by atoms with Gasteiger partial charge in [0.1, 0.15) is 5.75 Å². The first-order chi connectivity index (χ1) is 7.18. The Morgan fingerprint density at radius 2 is 2.00 bits per heavy atom. The normalized spacial score (nSPS) is 11.1. The molecular weight excluding hydrogens is 188 g/mol. The molecule has 0 bridgehead atoms. The molecule has 0 radical (unpaired) electrons. The summed E-state index contributed by atoms with van der Waals surface area (Å²) in [5, 5.41) is 11.8. The standard InChI is InChI=1S/C12H14N2O/c1-14(2)8-11-12(15)10-6-4-3-5-9(10)7-13-11/h3-7,15H,8H2,1-2H3. The molecule has 0 amide bonds. The van der Waals surface area contributed by atoms with E-state index in [1.54, 1.807) is 6.20 Å². The molecule has 3 heteroatoms. The van der Waals surface area contributed by atoms with Gasteiger partial charge in [0.25, 0.3) is 0 Å². The minimum atomic E-state index is 0.293. The summed E-state index contributed by atoms with van der Waals surface area (Å²) >= 11 is 0. The van der Waals surface area contributed by atoms with E-state index in [0.29, 0.717) is 12.3 Å². The first-order valence-corrected chi connectivity index (χ1v) is 4.89. The zero-order valence-electron chi connectivity index (χ0n) is 8.94. The summed E-state index contributed by atoms with van der Waals surface area (Å²) in [5.74, 6) is 0.293. The second kappa shape index (κ2) is 3.87. The van der Waals surface area contributed by atoms with Gasteiger partial charge in [0.2, 0.25) is 0 Å². The van der Waals surface area contributed by atoms with Crippen LogP contribution in [0.2, 0.25) is 0 Å². The monoisotopic (exact) mass is 202 g/mol. The number of rotatable bonds is 2. The number of hydrogen-bond donors (Lipinski definition) is 1. The zero-order valence-corrected chi connectivity index (χ0v) is 8.94. The molecular formula is C12H14N2O. The molecule has 3 nitrogen and oxygen atoms in total. The van der Waals surface area contributed by atoms with Crippen molar-refractivity contribution in [1.29, 1.82) is 0 Å². The van der Waals surface area contributed by atoms with Gasteiger partial charge in [-0.25, -0.2) is 0 Å². The Hall–Kier alpha value is -1.61. The van der Waals surface area contributed by atoms with Gasteiger partial charge in [-0.1, -0.05) is 24.3 Å². The number of fused-ring (bicyclic) bond motifs is 1. The number of hydrogen-bond acceptors (Lipinski definition) is 3. The van der Waals surface area contributed by atoms with Crippen LogP contribution in [-0.2, 0) is 6.54 Å². The highest BCUT2D eigenvalue weighted by atomic mass is 16.3. The molecule has 0 spiro atoms. The van der Waals surface area contributed by atoms with Gasteiger partial charge in [0.05, 0.1) is 5.69 Å². The highest BCUT2D eigenvalue weighted by molar-refractivity contribution is 5.87. The van der Waals surface area contributed by atoms with Crippen molar-refractivity contribution in [2.45, 2.75) is 6.54 Å². The molecule has 0 saturated heterocycles. The van der Waals surface area contributed by atoms with Crippen LogP contribution in [0.15, 0.2) is 30.5 Å². The Labute approximate surface area is 89.0 Å². The molecule has 2 aromatic rings. The lowest BCUT2D eigenvalue weighted by atomic mass is 10.1. The maximum atomic E-state index is 10.0. The molecule has 1 aromatic heterocycles. The molecule has 0 atom stereocenters. The molecule has 0 aliphatic rings. The largest absolute Gasteiger partial charge is 0.505 e. The fourth-order valence-corrected chi connectivity index (χ4v) is 1.60. The minimum absolute atomic E-state index is 0.293. The third-order valence-electron chi connectivity index (χ3n) is 2.31. The first kappa shape index (κ1) is 9.93. The van der Waals surface area contributed by atoms with Gasteiger partial charge in [-0.3, -0.25) is 4.98 Å². The predicted octanol–water partition coefficient (Wildman–Crippen LogP) is 2.00. The molecule has 1 aromatic carbocycles. The summed E-state index contributed by atoms with van der Waals surface area (Å²) in [6.07, 6.45) is 1.80. The van der Waals surface area contributed by atoms with Gasteiger partial charge in [-0.2, -0.15) is 0 Å². The van der Waals surface area contributed by atoms with Crippen LogP contribution in [0, 0.1) is 0 Å². The van der Waals surface area contributed by atoms with Crippen LogP contribution in [0.25, 0.3) is 10.8 Å². The van der Waals surface area contributed by atoms with Crippen LogP contribution >= 0.6 is 0 Å². The van der Waals surface area contributed by atoms with Crippen LogP contribution in [0.4, 0.5) is 0 Å². The maximum absolute atomic E-state index is 10.0. The first-order valence-electron chi connectivity index (χ1n) is 4.89. The summed E-state index contributed by atoms with van der Waals surface area (Å²) in [6.45, 7) is 0.649. The third kappa shape index (κ3) is 1.92. The molecule has 0 aliphatic heterocycles. The van der Waals surface area contributed by atoms with Gasteiger partial charge in [-0.05, 0) is 14.1 Å². The van der Waals surface area contributed by atoms with Crippen molar-refractivity contribution in [3.63, 3.8) is 0 Å². The third-order valence-corrected chi connectivity index (χ3v) is 2.31. The summed E-state index contributed by atoms with van der Waals surface area (Å²) in [5.41, 5.74) is 0.721. The molecule has 15 heavy (non-hydrogen) atoms. The number of aromatic nitrogens is 1. The zero-order chi connectivity index (χ0) is 10.8. The summed E-state index contributed by atoms with van der Waals surface area (Å²) in [6, 6.07) is 7.71. The van der Waals surface area contributed by atoms with Crippen LogP contribution in [0.5, 0.6) is 5.75 Å². The fraction of sp³-hybridized carbons (Fsp3) is 0.250. The summed E-state index contributed by atoms with van der Waals surface area (Å²) < 4.78 is 0. The van der Waals surface area contributed by atoms with Gasteiger partial charge in [0.15, 0.2) is 0 Å². The Bertz CT molecular complexity index is 480. The second-order valence-electron chi connectivity index (χ2n) is 3.88. The van der Waals surface area contributed by atoms with Crippen molar-refractivity contribution in [2.24, 2.45) is 0 Å². The van der Waals surface area contributed by atoms with Crippen LogP contribution in [0.3, 0.4) is 0 Å². The van der Waals surface area contributed by atoms with E-state index in [1.165, 1.54) is 0 Å². The van der Waals surface area contributed by atoms with Crippen molar-refractivity contribution in [3.05, 3.63) is 36.2 Å². The Morgan fingerprint density at radius 3 is 2.73 bits per heavy atom. The molecule has 1 N–H and O–H groups in total. The van der Waals surface area contributed by atoms with E-state index in [0.717, 1.165) is 16.5 Å². The molecule has 0 unspecified atom stereocenters. The smallest absolute Gasteiger partial charge is 0.146 e. The van der Waals surface area contributed by atoms with Crippen LogP contribution in [-0.4, -0.2) is 29.1 Å². The number of aromatic hydroxyl groups is 1. The van der Waals surface area contributed by atoms with Gasteiger partial charge < -0.3 is 10.0 Å². The molecule has 0 fully saturated rings. The van der Waals surface area contributed by atoms with Crippen molar-refractivity contribution in [2.75, 3.05) is 14.1 Å². The van der Waals surface area contributed by atoms with Gasteiger partial charge >= 0.3 is 0 Å². The lowest BCUT2D eigenvalue weighted by molar-refractivity contribution is 0.380. The van der Waals surface area contributed by atoms with Gasteiger partial charge in [0, 0.05) is 23.5 Å². The summed E-state index contributed by atoms with van der Waals surface area (Å²) in [4.78, 5) is 6.24. The van der Waals surface area contributed by atoms with Crippen molar-refractivity contribution in [1.82, 2.24) is 9.88 Å². The van der Waals surface area contributed by atoms with Gasteiger partial charge in [-0.15, -0.1) is 0 Å². The molecule has 2 rings (SSSR count). The van der Waals surface area contributed by atoms with E-state index < -0.39 is 0 Å². The average Bonchev–Trinajstić information content (AvgIpc) is 2.22. The fourth-order valence-electron chi connectivity index (χ4n) is 1.60. The average molecular weight is 202 g/mol. The van der Waals surface area contributed by atoms with Crippen molar-refractivity contribution >= 4 is 10.8 Å².